The van der Waals surface area contributed by atoms with E-state index in [1.54, 1.807) is 0 Å². The highest BCUT2D eigenvalue weighted by Crippen LogP contribution is 2.43. The van der Waals surface area contributed by atoms with E-state index in [4.69, 9.17) is 0 Å². The van der Waals surface area contributed by atoms with Crippen LogP contribution in [0.4, 0.5) is 13.6 Å². The standard InChI is InChI=1S/C21H19F2N3O3/c22-14-5-1-12(2-6-14)17-11-15(23)7-8-16(17)18(27)24-10-9-21(13-3-4-13)19(28)25-20(29)26-21/h1-2,5-8,11,13H,3-4,9-10H2,(H,24,27)(H2,25,26,28,29)/t21-/m0/s1. The molecule has 4 rings (SSSR count). The third kappa shape index (κ3) is 3.70. The van der Waals surface area contributed by atoms with Crippen molar-refractivity contribution in [3.8, 4) is 11.1 Å². The van der Waals surface area contributed by atoms with E-state index in [1.807, 2.05) is 0 Å². The van der Waals surface area contributed by atoms with E-state index in [9.17, 15) is 23.2 Å². The molecule has 0 radical (unpaired) electrons. The number of hydrogen-bond acceptors (Lipinski definition) is 3. The molecule has 4 amide bonds. The molecule has 3 N–H and O–H groups in total. The normalized spacial score (nSPS) is 20.9. The molecule has 8 heteroatoms. The molecule has 0 unspecified atom stereocenters. The second-order valence-electron chi connectivity index (χ2n) is 7.36. The summed E-state index contributed by atoms with van der Waals surface area (Å²) in [6, 6.07) is 8.67. The van der Waals surface area contributed by atoms with E-state index in [0.29, 0.717) is 11.1 Å². The minimum Gasteiger partial charge on any atom is -0.352 e. The smallest absolute Gasteiger partial charge is 0.322 e. The summed E-state index contributed by atoms with van der Waals surface area (Å²) in [5.74, 6) is -1.70. The van der Waals surface area contributed by atoms with Crippen molar-refractivity contribution in [1.82, 2.24) is 16.0 Å². The fourth-order valence-electron chi connectivity index (χ4n) is 3.80. The molecule has 1 aliphatic heterocycles. The molecule has 1 saturated carbocycles. The molecule has 0 bridgehead atoms. The lowest BCUT2D eigenvalue weighted by atomic mass is 9.89. The van der Waals surface area contributed by atoms with Gasteiger partial charge in [0.2, 0.25) is 0 Å². The van der Waals surface area contributed by atoms with Crippen molar-refractivity contribution in [2.45, 2.75) is 24.8 Å². The van der Waals surface area contributed by atoms with E-state index in [0.717, 1.165) is 12.8 Å². The predicted molar refractivity (Wildman–Crippen MR) is 101 cm³/mol. The highest BCUT2D eigenvalue weighted by molar-refractivity contribution is 6.07. The van der Waals surface area contributed by atoms with Crippen molar-refractivity contribution in [2.75, 3.05) is 6.54 Å². The van der Waals surface area contributed by atoms with Crippen LogP contribution in [0.2, 0.25) is 0 Å². The molecule has 2 fully saturated rings. The molecule has 1 heterocycles. The lowest BCUT2D eigenvalue weighted by molar-refractivity contribution is -0.124. The van der Waals surface area contributed by atoms with E-state index in [2.05, 4.69) is 16.0 Å². The number of benzene rings is 2. The molecule has 2 aromatic rings. The summed E-state index contributed by atoms with van der Waals surface area (Å²) in [7, 11) is 0. The van der Waals surface area contributed by atoms with Crippen LogP contribution >= 0.6 is 0 Å². The van der Waals surface area contributed by atoms with Crippen LogP contribution < -0.4 is 16.0 Å². The number of urea groups is 1. The van der Waals surface area contributed by atoms with Crippen LogP contribution in [0.5, 0.6) is 0 Å². The average molecular weight is 399 g/mol. The summed E-state index contributed by atoms with van der Waals surface area (Å²) in [5.41, 5.74) is 0.0880. The Bertz CT molecular complexity index is 989. The van der Waals surface area contributed by atoms with Crippen LogP contribution in [-0.2, 0) is 4.79 Å². The van der Waals surface area contributed by atoms with Crippen LogP contribution in [-0.4, -0.2) is 29.9 Å². The quantitative estimate of drug-likeness (QED) is 0.653. The third-order valence-electron chi connectivity index (χ3n) is 5.43. The molecule has 2 aliphatic rings. The molecule has 0 aromatic heterocycles. The molecule has 1 atom stereocenters. The Morgan fingerprint density at radius 2 is 1.76 bits per heavy atom. The Kier molecular flexibility index (Phi) is 4.77. The molecule has 1 saturated heterocycles. The molecule has 2 aromatic carbocycles. The second kappa shape index (κ2) is 7.27. The summed E-state index contributed by atoms with van der Waals surface area (Å²) >= 11 is 0. The maximum Gasteiger partial charge on any atom is 0.322 e. The first-order chi connectivity index (χ1) is 13.9. The maximum atomic E-state index is 13.8. The Morgan fingerprint density at radius 3 is 2.38 bits per heavy atom. The van der Waals surface area contributed by atoms with Gasteiger partial charge in [-0.3, -0.25) is 14.9 Å². The van der Waals surface area contributed by atoms with Crippen LogP contribution in [0.25, 0.3) is 11.1 Å². The molecular formula is C21H19F2N3O3. The van der Waals surface area contributed by atoms with Crippen LogP contribution in [0.1, 0.15) is 29.6 Å². The monoisotopic (exact) mass is 399 g/mol. The van der Waals surface area contributed by atoms with Crippen LogP contribution in [0.3, 0.4) is 0 Å². The summed E-state index contributed by atoms with van der Waals surface area (Å²) < 4.78 is 27.0. The Balaban J connectivity index is 1.50. The first-order valence-corrected chi connectivity index (χ1v) is 9.36. The van der Waals surface area contributed by atoms with Gasteiger partial charge in [-0.15, -0.1) is 0 Å². The van der Waals surface area contributed by atoms with E-state index in [-0.39, 0.29) is 30.4 Å². The van der Waals surface area contributed by atoms with Gasteiger partial charge < -0.3 is 10.6 Å². The highest BCUT2D eigenvalue weighted by Gasteiger charge is 2.55. The SMILES string of the molecule is O=C1NC(=O)[C@](CCNC(=O)c2ccc(F)cc2-c2ccc(F)cc2)(C2CC2)N1. The Morgan fingerprint density at radius 1 is 1.07 bits per heavy atom. The van der Waals surface area contributed by atoms with Gasteiger partial charge in [-0.05, 0) is 66.6 Å². The van der Waals surface area contributed by atoms with Gasteiger partial charge >= 0.3 is 6.03 Å². The molecular weight excluding hydrogens is 380 g/mol. The molecule has 0 spiro atoms. The first-order valence-electron chi connectivity index (χ1n) is 9.36. The Hall–Kier alpha value is -3.29. The number of carbonyl (C=O) groups is 3. The van der Waals surface area contributed by atoms with Crippen molar-refractivity contribution in [3.05, 3.63) is 59.7 Å². The first kappa shape index (κ1) is 19.0. The lowest BCUT2D eigenvalue weighted by Gasteiger charge is -2.26. The van der Waals surface area contributed by atoms with Gasteiger partial charge in [-0.1, -0.05) is 12.1 Å². The average Bonchev–Trinajstić information content (AvgIpc) is 3.49. The van der Waals surface area contributed by atoms with Gasteiger partial charge in [0, 0.05) is 12.1 Å². The van der Waals surface area contributed by atoms with Gasteiger partial charge in [-0.25, -0.2) is 13.6 Å². The Labute approximate surface area is 165 Å². The number of nitrogens with one attached hydrogen (secondary N) is 3. The number of imide groups is 1. The van der Waals surface area contributed by atoms with Crippen LogP contribution in [0.15, 0.2) is 42.5 Å². The van der Waals surface area contributed by atoms with Crippen molar-refractivity contribution < 1.29 is 23.2 Å². The molecule has 29 heavy (non-hydrogen) atoms. The van der Waals surface area contributed by atoms with E-state index >= 15 is 0 Å². The minimum absolute atomic E-state index is 0.0615. The van der Waals surface area contributed by atoms with Crippen LogP contribution in [0, 0.1) is 17.6 Å². The summed E-state index contributed by atoms with van der Waals surface area (Å²) in [6.45, 7) is 0.156. The largest absolute Gasteiger partial charge is 0.352 e. The van der Waals surface area contributed by atoms with Crippen molar-refractivity contribution in [3.63, 3.8) is 0 Å². The number of halogens is 2. The van der Waals surface area contributed by atoms with E-state index in [1.165, 1.54) is 42.5 Å². The van der Waals surface area contributed by atoms with Gasteiger partial charge in [0.25, 0.3) is 11.8 Å². The molecule has 1 aliphatic carbocycles. The second-order valence-corrected chi connectivity index (χ2v) is 7.36. The number of hydrogen-bond donors (Lipinski definition) is 3. The fraction of sp³-hybridized carbons (Fsp3) is 0.286. The van der Waals surface area contributed by atoms with Crippen molar-refractivity contribution in [1.29, 1.82) is 0 Å². The van der Waals surface area contributed by atoms with Gasteiger partial charge in [0.1, 0.15) is 17.2 Å². The maximum absolute atomic E-state index is 13.8. The minimum atomic E-state index is -0.993. The summed E-state index contributed by atoms with van der Waals surface area (Å²) in [5, 5.41) is 7.72. The third-order valence-corrected chi connectivity index (χ3v) is 5.43. The predicted octanol–water partition coefficient (Wildman–Crippen LogP) is 2.74. The van der Waals surface area contributed by atoms with Gasteiger partial charge in [-0.2, -0.15) is 0 Å². The zero-order chi connectivity index (χ0) is 20.6. The summed E-state index contributed by atoms with van der Waals surface area (Å²) in [6.07, 6.45) is 1.94. The topological polar surface area (TPSA) is 87.3 Å². The zero-order valence-corrected chi connectivity index (χ0v) is 15.4. The lowest BCUT2D eigenvalue weighted by Crippen LogP contribution is -2.51. The van der Waals surface area contributed by atoms with Gasteiger partial charge in [0.05, 0.1) is 0 Å². The number of rotatable bonds is 6. The number of amides is 4. The molecule has 6 nitrogen and oxygen atoms in total. The van der Waals surface area contributed by atoms with Gasteiger partial charge in [0.15, 0.2) is 0 Å². The van der Waals surface area contributed by atoms with Crippen molar-refractivity contribution in [2.24, 2.45) is 5.92 Å². The highest BCUT2D eigenvalue weighted by atomic mass is 19.1. The molecule has 150 valence electrons. The summed E-state index contributed by atoms with van der Waals surface area (Å²) in [4.78, 5) is 36.6. The number of carbonyl (C=O) groups excluding carboxylic acids is 3. The van der Waals surface area contributed by atoms with E-state index < -0.39 is 29.1 Å². The zero-order valence-electron chi connectivity index (χ0n) is 15.4. The van der Waals surface area contributed by atoms with Crippen molar-refractivity contribution >= 4 is 17.8 Å². The fourth-order valence-corrected chi connectivity index (χ4v) is 3.80.